The first kappa shape index (κ1) is 11.5. The van der Waals surface area contributed by atoms with Gasteiger partial charge >= 0.3 is 11.7 Å². The molecule has 0 spiro atoms. The molecule has 1 fully saturated rings. The number of aliphatic carboxylic acids is 1. The summed E-state index contributed by atoms with van der Waals surface area (Å²) in [5.41, 5.74) is -1.43. The van der Waals surface area contributed by atoms with Gasteiger partial charge in [0.1, 0.15) is 0 Å². The molecular formula is C11H10FNO4. The maximum Gasteiger partial charge on any atom is 0.314 e. The zero-order valence-corrected chi connectivity index (χ0v) is 8.85. The summed E-state index contributed by atoms with van der Waals surface area (Å²) in [5, 5.41) is 19.8. The fourth-order valence-corrected chi connectivity index (χ4v) is 2.11. The average molecular weight is 239 g/mol. The number of carbonyl (C=O) groups is 1. The van der Waals surface area contributed by atoms with Crippen molar-refractivity contribution < 1.29 is 19.2 Å². The van der Waals surface area contributed by atoms with Gasteiger partial charge in [-0.05, 0) is 24.5 Å². The molecule has 0 aromatic heterocycles. The predicted molar refractivity (Wildman–Crippen MR) is 56.2 cm³/mol. The van der Waals surface area contributed by atoms with Crippen LogP contribution in [0.4, 0.5) is 10.1 Å². The number of benzene rings is 1. The second kappa shape index (κ2) is 3.80. The molecule has 0 amide bonds. The van der Waals surface area contributed by atoms with Gasteiger partial charge in [0.15, 0.2) is 0 Å². The van der Waals surface area contributed by atoms with Gasteiger partial charge in [-0.2, -0.15) is 4.39 Å². The molecule has 0 heterocycles. The quantitative estimate of drug-likeness (QED) is 0.647. The van der Waals surface area contributed by atoms with Gasteiger partial charge in [-0.15, -0.1) is 0 Å². The Labute approximate surface area is 96.0 Å². The molecular weight excluding hydrogens is 229 g/mol. The molecule has 0 bridgehead atoms. The van der Waals surface area contributed by atoms with Crippen molar-refractivity contribution in [1.82, 2.24) is 0 Å². The minimum Gasteiger partial charge on any atom is -0.481 e. The van der Waals surface area contributed by atoms with E-state index in [4.69, 9.17) is 0 Å². The maximum absolute atomic E-state index is 13.1. The molecule has 0 aliphatic heterocycles. The second-order valence-electron chi connectivity index (χ2n) is 4.16. The van der Waals surface area contributed by atoms with Crippen molar-refractivity contribution in [2.24, 2.45) is 0 Å². The third kappa shape index (κ3) is 1.65. The van der Waals surface area contributed by atoms with Crippen LogP contribution in [-0.4, -0.2) is 16.0 Å². The van der Waals surface area contributed by atoms with E-state index in [-0.39, 0.29) is 0 Å². The fraction of sp³-hybridized carbons (Fsp3) is 0.364. The largest absolute Gasteiger partial charge is 0.481 e. The highest BCUT2D eigenvalue weighted by molar-refractivity contribution is 5.82. The minimum absolute atomic E-state index is 0.310. The molecule has 1 aliphatic carbocycles. The normalized spacial score (nSPS) is 17.2. The van der Waals surface area contributed by atoms with E-state index in [9.17, 15) is 24.4 Å². The molecule has 90 valence electrons. The van der Waals surface area contributed by atoms with E-state index in [2.05, 4.69) is 0 Å². The molecule has 0 atom stereocenters. The van der Waals surface area contributed by atoms with E-state index >= 15 is 0 Å². The van der Waals surface area contributed by atoms with E-state index in [0.717, 1.165) is 18.6 Å². The second-order valence-corrected chi connectivity index (χ2v) is 4.16. The summed E-state index contributed by atoms with van der Waals surface area (Å²) in [6, 6.07) is 3.30. The number of hydrogen-bond acceptors (Lipinski definition) is 3. The fourth-order valence-electron chi connectivity index (χ4n) is 2.11. The van der Waals surface area contributed by atoms with Crippen LogP contribution in [0.1, 0.15) is 24.8 Å². The highest BCUT2D eigenvalue weighted by Crippen LogP contribution is 2.44. The Morgan fingerprint density at radius 1 is 1.47 bits per heavy atom. The van der Waals surface area contributed by atoms with Gasteiger partial charge in [0.25, 0.3) is 0 Å². The zero-order valence-electron chi connectivity index (χ0n) is 8.85. The number of carboxylic acid groups (broad SMARTS) is 1. The van der Waals surface area contributed by atoms with Crippen molar-refractivity contribution in [3.8, 4) is 0 Å². The smallest absolute Gasteiger partial charge is 0.314 e. The molecule has 1 N–H and O–H groups in total. The Kier molecular flexibility index (Phi) is 2.57. The average Bonchev–Trinajstić information content (AvgIpc) is 2.17. The molecule has 0 unspecified atom stereocenters. The summed E-state index contributed by atoms with van der Waals surface area (Å²) in [5.74, 6) is -1.96. The number of nitro groups is 1. The van der Waals surface area contributed by atoms with Crippen molar-refractivity contribution in [2.45, 2.75) is 24.7 Å². The summed E-state index contributed by atoms with van der Waals surface area (Å²) >= 11 is 0. The topological polar surface area (TPSA) is 80.4 Å². The van der Waals surface area contributed by atoms with E-state index in [1.807, 2.05) is 0 Å². The molecule has 6 heteroatoms. The van der Waals surface area contributed by atoms with Crippen LogP contribution in [0.15, 0.2) is 18.2 Å². The van der Waals surface area contributed by atoms with Gasteiger partial charge in [0.2, 0.25) is 5.82 Å². The lowest BCUT2D eigenvalue weighted by Gasteiger charge is -2.37. The van der Waals surface area contributed by atoms with E-state index in [1.165, 1.54) is 6.07 Å². The molecule has 5 nitrogen and oxygen atoms in total. The first-order valence-corrected chi connectivity index (χ1v) is 5.15. The third-order valence-electron chi connectivity index (χ3n) is 3.31. The molecule has 0 radical (unpaired) electrons. The van der Waals surface area contributed by atoms with Crippen molar-refractivity contribution in [3.05, 3.63) is 39.7 Å². The van der Waals surface area contributed by atoms with Gasteiger partial charge in [-0.25, -0.2) is 0 Å². The van der Waals surface area contributed by atoms with Gasteiger partial charge in [0.05, 0.1) is 10.3 Å². The Balaban J connectivity index is 2.49. The van der Waals surface area contributed by atoms with Crippen molar-refractivity contribution in [3.63, 3.8) is 0 Å². The molecule has 1 aromatic carbocycles. The Bertz CT molecular complexity index is 496. The Hall–Kier alpha value is -1.98. The number of carboxylic acids is 1. The molecule has 17 heavy (non-hydrogen) atoms. The van der Waals surface area contributed by atoms with Gasteiger partial charge in [0, 0.05) is 6.07 Å². The lowest BCUT2D eigenvalue weighted by molar-refractivity contribution is -0.387. The first-order valence-electron chi connectivity index (χ1n) is 5.15. The first-order chi connectivity index (χ1) is 7.97. The van der Waals surface area contributed by atoms with E-state index in [1.54, 1.807) is 0 Å². The number of rotatable bonds is 3. The molecule has 1 aromatic rings. The summed E-state index contributed by atoms with van der Waals surface area (Å²) in [7, 11) is 0. The predicted octanol–water partition coefficient (Wildman–Crippen LogP) is 2.24. The van der Waals surface area contributed by atoms with Crippen molar-refractivity contribution in [2.75, 3.05) is 0 Å². The lowest BCUT2D eigenvalue weighted by Crippen LogP contribution is -2.42. The van der Waals surface area contributed by atoms with Crippen molar-refractivity contribution >= 4 is 11.7 Å². The molecule has 0 saturated heterocycles. The maximum atomic E-state index is 13.1. The van der Waals surface area contributed by atoms with E-state index < -0.39 is 27.8 Å². The number of nitro benzene ring substituents is 1. The molecule has 1 aliphatic rings. The zero-order chi connectivity index (χ0) is 12.6. The monoisotopic (exact) mass is 239 g/mol. The Morgan fingerprint density at radius 3 is 2.53 bits per heavy atom. The summed E-state index contributed by atoms with van der Waals surface area (Å²) in [6.45, 7) is 0. The van der Waals surface area contributed by atoms with Crippen LogP contribution in [0, 0.1) is 15.9 Å². The summed E-state index contributed by atoms with van der Waals surface area (Å²) in [4.78, 5) is 21.0. The molecule has 1 saturated carbocycles. The summed E-state index contributed by atoms with van der Waals surface area (Å²) < 4.78 is 13.1. The van der Waals surface area contributed by atoms with Gasteiger partial charge in [-0.1, -0.05) is 12.5 Å². The van der Waals surface area contributed by atoms with E-state index in [0.29, 0.717) is 18.4 Å². The summed E-state index contributed by atoms with van der Waals surface area (Å²) in [6.07, 6.45) is 1.63. The number of nitrogens with zero attached hydrogens (tertiary/aromatic N) is 1. The van der Waals surface area contributed by atoms with Crippen LogP contribution in [0.3, 0.4) is 0 Å². The third-order valence-corrected chi connectivity index (χ3v) is 3.31. The number of halogens is 1. The SMILES string of the molecule is O=C(O)C1(c2ccc(F)c([N+](=O)[O-])c2)CCC1. The van der Waals surface area contributed by atoms with Crippen molar-refractivity contribution in [1.29, 1.82) is 0 Å². The van der Waals surface area contributed by atoms with Crippen LogP contribution in [-0.2, 0) is 10.2 Å². The minimum atomic E-state index is -1.07. The lowest BCUT2D eigenvalue weighted by atomic mass is 9.64. The standard InChI is InChI=1S/C11H10FNO4/c12-8-3-2-7(6-9(8)13(16)17)11(10(14)15)4-1-5-11/h2-3,6H,1,4-5H2,(H,14,15). The highest BCUT2D eigenvalue weighted by Gasteiger charge is 2.46. The van der Waals surface area contributed by atoms with Crippen LogP contribution in [0.25, 0.3) is 0 Å². The Morgan fingerprint density at radius 2 is 2.12 bits per heavy atom. The van der Waals surface area contributed by atoms with Gasteiger partial charge in [-0.3, -0.25) is 14.9 Å². The van der Waals surface area contributed by atoms with Crippen LogP contribution < -0.4 is 0 Å². The van der Waals surface area contributed by atoms with Crippen LogP contribution in [0.2, 0.25) is 0 Å². The van der Waals surface area contributed by atoms with Crippen LogP contribution >= 0.6 is 0 Å². The van der Waals surface area contributed by atoms with Gasteiger partial charge < -0.3 is 5.11 Å². The van der Waals surface area contributed by atoms with Crippen LogP contribution in [0.5, 0.6) is 0 Å². The highest BCUT2D eigenvalue weighted by atomic mass is 19.1. The molecule has 2 rings (SSSR count). The number of hydrogen-bond donors (Lipinski definition) is 1.